The standard InChI is InChI=1S/C9H13OP.ClH/c1-9(2,11)10-8-6-4-3-5-7-8;/h3-7H,11H2,1-2H3;1H. The number of halogens is 1. The van der Waals surface area contributed by atoms with Gasteiger partial charge in [-0.1, -0.05) is 27.4 Å². The molecule has 0 radical (unpaired) electrons. The molecule has 1 unspecified atom stereocenters. The van der Waals surface area contributed by atoms with E-state index in [9.17, 15) is 0 Å². The Hall–Kier alpha value is -0.260. The number of ether oxygens (including phenoxy) is 1. The van der Waals surface area contributed by atoms with Gasteiger partial charge in [0.2, 0.25) is 0 Å². The van der Waals surface area contributed by atoms with E-state index in [0.29, 0.717) is 0 Å². The molecule has 0 amide bonds. The molecule has 68 valence electrons. The lowest BCUT2D eigenvalue weighted by Crippen LogP contribution is -2.18. The highest BCUT2D eigenvalue weighted by Crippen LogP contribution is 2.22. The van der Waals surface area contributed by atoms with Crippen molar-refractivity contribution >= 4 is 21.6 Å². The summed E-state index contributed by atoms with van der Waals surface area (Å²) in [7, 11) is 2.64. The summed E-state index contributed by atoms with van der Waals surface area (Å²) in [5, 5.41) is -0.179. The van der Waals surface area contributed by atoms with Gasteiger partial charge in [0.1, 0.15) is 11.1 Å². The molecule has 0 saturated carbocycles. The second-order valence-corrected chi connectivity index (χ2v) is 4.41. The van der Waals surface area contributed by atoms with Crippen molar-refractivity contribution in [2.24, 2.45) is 0 Å². The van der Waals surface area contributed by atoms with Gasteiger partial charge in [-0.05, 0) is 26.0 Å². The third-order valence-corrected chi connectivity index (χ3v) is 1.24. The van der Waals surface area contributed by atoms with Crippen molar-refractivity contribution in [3.63, 3.8) is 0 Å². The molecule has 0 bridgehead atoms. The summed E-state index contributed by atoms with van der Waals surface area (Å²) in [4.78, 5) is 0. The predicted molar refractivity (Wildman–Crippen MR) is 58.1 cm³/mol. The van der Waals surface area contributed by atoms with Crippen molar-refractivity contribution in [1.82, 2.24) is 0 Å². The Balaban J connectivity index is 0.00000121. The Labute approximate surface area is 82.1 Å². The van der Waals surface area contributed by atoms with Crippen LogP contribution in [0.15, 0.2) is 30.3 Å². The summed E-state index contributed by atoms with van der Waals surface area (Å²) >= 11 is 0. The van der Waals surface area contributed by atoms with Crippen LogP contribution in [0.3, 0.4) is 0 Å². The monoisotopic (exact) mass is 204 g/mol. The summed E-state index contributed by atoms with van der Waals surface area (Å²) in [6, 6.07) is 9.80. The van der Waals surface area contributed by atoms with Gasteiger partial charge in [0.25, 0.3) is 0 Å². The molecule has 0 aliphatic heterocycles. The smallest absolute Gasteiger partial charge is 0.120 e. The molecule has 0 aromatic heterocycles. The summed E-state index contributed by atoms with van der Waals surface area (Å²) in [6.45, 7) is 4.01. The highest BCUT2D eigenvalue weighted by atomic mass is 35.5. The van der Waals surface area contributed by atoms with Crippen LogP contribution in [0.25, 0.3) is 0 Å². The molecule has 0 spiro atoms. The number of hydrogen-bond donors (Lipinski definition) is 0. The summed E-state index contributed by atoms with van der Waals surface area (Å²) in [6.07, 6.45) is 0. The fourth-order valence-corrected chi connectivity index (χ4v) is 0.928. The molecule has 0 N–H and O–H groups in total. The minimum atomic E-state index is -0.179. The Bertz CT molecular complexity index is 218. The van der Waals surface area contributed by atoms with Crippen LogP contribution in [0.2, 0.25) is 0 Å². The van der Waals surface area contributed by atoms with Gasteiger partial charge >= 0.3 is 0 Å². The number of rotatable bonds is 2. The van der Waals surface area contributed by atoms with Crippen LogP contribution in [-0.4, -0.2) is 5.34 Å². The van der Waals surface area contributed by atoms with Crippen LogP contribution < -0.4 is 4.74 Å². The molecule has 1 aromatic rings. The zero-order chi connectivity index (χ0) is 8.32. The second-order valence-electron chi connectivity index (χ2n) is 3.02. The van der Waals surface area contributed by atoms with E-state index in [0.717, 1.165) is 5.75 Å². The van der Waals surface area contributed by atoms with Crippen LogP contribution in [0.4, 0.5) is 0 Å². The van der Waals surface area contributed by atoms with Gasteiger partial charge in [-0.25, -0.2) is 0 Å². The van der Waals surface area contributed by atoms with Gasteiger partial charge in [0.05, 0.1) is 0 Å². The van der Waals surface area contributed by atoms with Gasteiger partial charge in [0.15, 0.2) is 0 Å². The zero-order valence-corrected chi connectivity index (χ0v) is 9.25. The van der Waals surface area contributed by atoms with Crippen molar-refractivity contribution in [2.45, 2.75) is 19.2 Å². The van der Waals surface area contributed by atoms with E-state index in [-0.39, 0.29) is 17.7 Å². The van der Waals surface area contributed by atoms with E-state index >= 15 is 0 Å². The lowest BCUT2D eigenvalue weighted by Gasteiger charge is -2.20. The normalized spacial score (nSPS) is 10.2. The first-order chi connectivity index (χ1) is 5.08. The Morgan fingerprint density at radius 3 is 2.08 bits per heavy atom. The largest absolute Gasteiger partial charge is 0.484 e. The topological polar surface area (TPSA) is 9.23 Å². The average Bonchev–Trinajstić information content (AvgIpc) is 1.85. The lowest BCUT2D eigenvalue weighted by molar-refractivity contribution is 0.206. The minimum absolute atomic E-state index is 0. The maximum absolute atomic E-state index is 5.56. The Kier molecular flexibility index (Phi) is 4.59. The Morgan fingerprint density at radius 1 is 1.17 bits per heavy atom. The maximum atomic E-state index is 5.56. The first-order valence-electron chi connectivity index (χ1n) is 3.61. The van der Waals surface area contributed by atoms with Gasteiger partial charge in [0, 0.05) is 0 Å². The zero-order valence-electron chi connectivity index (χ0n) is 7.28. The molecule has 3 heteroatoms. The molecule has 1 aromatic carbocycles. The third-order valence-electron chi connectivity index (χ3n) is 1.12. The SMILES string of the molecule is CC(C)(P)Oc1ccccc1.Cl. The van der Waals surface area contributed by atoms with Crippen LogP contribution in [-0.2, 0) is 0 Å². The summed E-state index contributed by atoms with van der Waals surface area (Å²) in [5.74, 6) is 0.910. The highest BCUT2D eigenvalue weighted by Gasteiger charge is 2.10. The second kappa shape index (κ2) is 4.69. The Morgan fingerprint density at radius 2 is 1.67 bits per heavy atom. The average molecular weight is 205 g/mol. The summed E-state index contributed by atoms with van der Waals surface area (Å²) < 4.78 is 5.56. The van der Waals surface area contributed by atoms with E-state index in [1.807, 2.05) is 44.2 Å². The molecule has 0 heterocycles. The summed E-state index contributed by atoms with van der Waals surface area (Å²) in [5.41, 5.74) is 0. The maximum Gasteiger partial charge on any atom is 0.120 e. The first-order valence-corrected chi connectivity index (χ1v) is 4.18. The van der Waals surface area contributed by atoms with Crippen molar-refractivity contribution in [3.8, 4) is 5.75 Å². The van der Waals surface area contributed by atoms with Crippen molar-refractivity contribution in [1.29, 1.82) is 0 Å². The molecular weight excluding hydrogens is 191 g/mol. The van der Waals surface area contributed by atoms with Crippen LogP contribution in [0, 0.1) is 0 Å². The lowest BCUT2D eigenvalue weighted by atomic mass is 10.3. The van der Waals surface area contributed by atoms with Crippen molar-refractivity contribution < 1.29 is 4.74 Å². The number of hydrogen-bond acceptors (Lipinski definition) is 1. The predicted octanol–water partition coefficient (Wildman–Crippen LogP) is 3.10. The quantitative estimate of drug-likeness (QED) is 0.673. The third kappa shape index (κ3) is 4.58. The van der Waals surface area contributed by atoms with E-state index in [1.54, 1.807) is 0 Å². The van der Waals surface area contributed by atoms with Gasteiger partial charge < -0.3 is 4.74 Å². The van der Waals surface area contributed by atoms with Crippen LogP contribution in [0.5, 0.6) is 5.75 Å². The fraction of sp³-hybridized carbons (Fsp3) is 0.333. The van der Waals surface area contributed by atoms with Crippen molar-refractivity contribution in [2.75, 3.05) is 0 Å². The van der Waals surface area contributed by atoms with E-state index < -0.39 is 0 Å². The van der Waals surface area contributed by atoms with Crippen LogP contribution >= 0.6 is 21.6 Å². The van der Waals surface area contributed by atoms with E-state index in [2.05, 4.69) is 9.24 Å². The molecule has 1 atom stereocenters. The number of benzene rings is 1. The molecule has 0 aliphatic rings. The van der Waals surface area contributed by atoms with Gasteiger partial charge in [-0.3, -0.25) is 0 Å². The molecule has 1 rings (SSSR count). The molecule has 0 aliphatic carbocycles. The first kappa shape index (κ1) is 11.7. The molecule has 12 heavy (non-hydrogen) atoms. The van der Waals surface area contributed by atoms with Gasteiger partial charge in [-0.15, -0.1) is 12.4 Å². The highest BCUT2D eigenvalue weighted by molar-refractivity contribution is 7.18. The molecule has 0 saturated heterocycles. The number of para-hydroxylation sites is 1. The fourth-order valence-electron chi connectivity index (χ4n) is 0.792. The van der Waals surface area contributed by atoms with Crippen LogP contribution in [0.1, 0.15) is 13.8 Å². The van der Waals surface area contributed by atoms with Gasteiger partial charge in [-0.2, -0.15) is 0 Å². The molecule has 1 nitrogen and oxygen atoms in total. The molecule has 0 fully saturated rings. The molecular formula is C9H14ClOP. The van der Waals surface area contributed by atoms with E-state index in [4.69, 9.17) is 4.74 Å². The van der Waals surface area contributed by atoms with Crippen molar-refractivity contribution in [3.05, 3.63) is 30.3 Å². The minimum Gasteiger partial charge on any atom is -0.484 e. The van der Waals surface area contributed by atoms with E-state index in [1.165, 1.54) is 0 Å².